The minimum Gasteiger partial charge on any atom is -0.366 e. The van der Waals surface area contributed by atoms with Crippen molar-refractivity contribution in [3.63, 3.8) is 0 Å². The number of carbonyl (C=O) groups excluding carboxylic acids is 2. The zero-order valence-corrected chi connectivity index (χ0v) is 10.6. The van der Waals surface area contributed by atoms with Crippen molar-refractivity contribution in [1.82, 2.24) is 10.6 Å². The summed E-state index contributed by atoms with van der Waals surface area (Å²) in [6, 6.07) is 6.32. The van der Waals surface area contributed by atoms with E-state index in [1.165, 1.54) is 5.57 Å². The third-order valence-electron chi connectivity index (χ3n) is 3.07. The van der Waals surface area contributed by atoms with Gasteiger partial charge in [-0.2, -0.15) is 0 Å². The van der Waals surface area contributed by atoms with Crippen molar-refractivity contribution < 1.29 is 9.59 Å². The Morgan fingerprint density at radius 1 is 1.21 bits per heavy atom. The van der Waals surface area contributed by atoms with Crippen molar-refractivity contribution >= 4 is 11.8 Å². The second kappa shape index (κ2) is 6.15. The lowest BCUT2D eigenvalue weighted by Crippen LogP contribution is -2.29. The summed E-state index contributed by atoms with van der Waals surface area (Å²) in [4.78, 5) is 22.8. The van der Waals surface area contributed by atoms with Gasteiger partial charge in [-0.3, -0.25) is 9.59 Å². The molecule has 2 rings (SSSR count). The number of hydrogen-bond donors (Lipinski definition) is 3. The highest BCUT2D eigenvalue weighted by Crippen LogP contribution is 2.06. The molecule has 0 bridgehead atoms. The van der Waals surface area contributed by atoms with Crippen molar-refractivity contribution in [3.05, 3.63) is 47.0 Å². The van der Waals surface area contributed by atoms with Gasteiger partial charge in [-0.1, -0.05) is 11.6 Å². The average Bonchev–Trinajstić information content (AvgIpc) is 2.46. The molecule has 0 spiro atoms. The van der Waals surface area contributed by atoms with Crippen LogP contribution in [0.5, 0.6) is 0 Å². The van der Waals surface area contributed by atoms with Gasteiger partial charge < -0.3 is 16.4 Å². The number of benzene rings is 1. The third-order valence-corrected chi connectivity index (χ3v) is 3.07. The van der Waals surface area contributed by atoms with Crippen molar-refractivity contribution in [2.45, 2.75) is 6.42 Å². The van der Waals surface area contributed by atoms with E-state index in [0.717, 1.165) is 19.5 Å². The summed E-state index contributed by atoms with van der Waals surface area (Å²) in [7, 11) is 0. The number of rotatable bonds is 4. The van der Waals surface area contributed by atoms with Crippen LogP contribution in [0.4, 0.5) is 0 Å². The molecule has 0 radical (unpaired) electrons. The third kappa shape index (κ3) is 3.66. The highest BCUT2D eigenvalue weighted by atomic mass is 16.2. The number of amides is 2. The number of carbonyl (C=O) groups is 2. The fourth-order valence-corrected chi connectivity index (χ4v) is 1.91. The Morgan fingerprint density at radius 3 is 2.47 bits per heavy atom. The van der Waals surface area contributed by atoms with Crippen LogP contribution in [0.3, 0.4) is 0 Å². The van der Waals surface area contributed by atoms with Gasteiger partial charge in [-0.05, 0) is 37.2 Å². The van der Waals surface area contributed by atoms with E-state index in [0.29, 0.717) is 17.7 Å². The smallest absolute Gasteiger partial charge is 0.251 e. The van der Waals surface area contributed by atoms with Gasteiger partial charge in [-0.25, -0.2) is 0 Å². The van der Waals surface area contributed by atoms with Crippen LogP contribution < -0.4 is 16.4 Å². The number of primary amides is 1. The second-order valence-electron chi connectivity index (χ2n) is 4.44. The maximum atomic E-state index is 11.9. The quantitative estimate of drug-likeness (QED) is 0.686. The lowest BCUT2D eigenvalue weighted by Gasteiger charge is -2.14. The summed E-state index contributed by atoms with van der Waals surface area (Å²) in [5, 5.41) is 6.08. The molecule has 19 heavy (non-hydrogen) atoms. The van der Waals surface area contributed by atoms with E-state index in [4.69, 9.17) is 5.73 Å². The maximum absolute atomic E-state index is 11.9. The molecular weight excluding hydrogens is 242 g/mol. The van der Waals surface area contributed by atoms with Crippen LogP contribution in [0.2, 0.25) is 0 Å². The predicted molar refractivity (Wildman–Crippen MR) is 72.9 cm³/mol. The summed E-state index contributed by atoms with van der Waals surface area (Å²) in [6.45, 7) is 2.38. The molecule has 100 valence electrons. The molecule has 5 heteroatoms. The molecule has 0 aromatic heterocycles. The van der Waals surface area contributed by atoms with Crippen LogP contribution >= 0.6 is 0 Å². The average molecular weight is 259 g/mol. The van der Waals surface area contributed by atoms with Gasteiger partial charge in [0.25, 0.3) is 5.91 Å². The normalized spacial score (nSPS) is 14.6. The van der Waals surface area contributed by atoms with Gasteiger partial charge in [0.15, 0.2) is 0 Å². The summed E-state index contributed by atoms with van der Waals surface area (Å²) in [6.07, 6.45) is 3.06. The van der Waals surface area contributed by atoms with Crippen LogP contribution in [0, 0.1) is 0 Å². The lowest BCUT2D eigenvalue weighted by molar-refractivity contribution is 0.0953. The van der Waals surface area contributed by atoms with E-state index in [9.17, 15) is 9.59 Å². The standard InChI is InChI=1S/C14H17N3O2/c15-13(18)11-1-3-12(4-2-11)14(19)17-9-10-5-7-16-8-6-10/h1-5,16H,6-9H2,(H2,15,18)(H,17,19). The van der Waals surface area contributed by atoms with E-state index in [1.807, 2.05) is 0 Å². The van der Waals surface area contributed by atoms with Gasteiger partial charge in [0.05, 0.1) is 0 Å². The highest BCUT2D eigenvalue weighted by Gasteiger charge is 2.08. The Morgan fingerprint density at radius 2 is 1.89 bits per heavy atom. The van der Waals surface area contributed by atoms with Crippen LogP contribution in [-0.2, 0) is 0 Å². The largest absolute Gasteiger partial charge is 0.366 e. The molecule has 1 aliphatic heterocycles. The lowest BCUT2D eigenvalue weighted by atomic mass is 10.1. The molecule has 0 atom stereocenters. The van der Waals surface area contributed by atoms with Crippen molar-refractivity contribution in [3.8, 4) is 0 Å². The van der Waals surface area contributed by atoms with Crippen molar-refractivity contribution in [2.24, 2.45) is 5.73 Å². The topological polar surface area (TPSA) is 84.2 Å². The molecule has 4 N–H and O–H groups in total. The Balaban J connectivity index is 1.92. The summed E-state index contributed by atoms with van der Waals surface area (Å²) in [5.74, 6) is -0.637. The first-order valence-electron chi connectivity index (χ1n) is 6.23. The Hall–Kier alpha value is -2.14. The number of nitrogens with two attached hydrogens (primary N) is 1. The van der Waals surface area contributed by atoms with Crippen molar-refractivity contribution in [1.29, 1.82) is 0 Å². The Bertz CT molecular complexity index is 506. The molecule has 0 unspecified atom stereocenters. The van der Waals surface area contributed by atoms with Gasteiger partial charge in [-0.15, -0.1) is 0 Å². The summed E-state index contributed by atoms with van der Waals surface area (Å²) >= 11 is 0. The molecule has 0 fully saturated rings. The van der Waals surface area contributed by atoms with Crippen LogP contribution in [-0.4, -0.2) is 31.4 Å². The van der Waals surface area contributed by atoms with Gasteiger partial charge in [0, 0.05) is 24.2 Å². The summed E-state index contributed by atoms with van der Waals surface area (Å²) in [5.41, 5.74) is 7.31. The first-order valence-corrected chi connectivity index (χ1v) is 6.23. The van der Waals surface area contributed by atoms with E-state index in [1.54, 1.807) is 24.3 Å². The molecule has 2 amide bonds. The molecular formula is C14H17N3O2. The van der Waals surface area contributed by atoms with E-state index in [2.05, 4.69) is 16.7 Å². The predicted octanol–water partition coefficient (Wildman–Crippen LogP) is 0.435. The molecule has 0 saturated heterocycles. The Kier molecular flexibility index (Phi) is 4.30. The molecule has 1 heterocycles. The first-order chi connectivity index (χ1) is 9.16. The number of nitrogens with one attached hydrogen (secondary N) is 2. The fourth-order valence-electron chi connectivity index (χ4n) is 1.91. The minimum atomic E-state index is -0.494. The molecule has 1 aromatic carbocycles. The van der Waals surface area contributed by atoms with Gasteiger partial charge in [0.1, 0.15) is 0 Å². The maximum Gasteiger partial charge on any atom is 0.251 e. The Labute approximate surface area is 111 Å². The molecule has 0 aliphatic carbocycles. The fraction of sp³-hybridized carbons (Fsp3) is 0.286. The summed E-state index contributed by atoms with van der Waals surface area (Å²) < 4.78 is 0. The molecule has 0 saturated carbocycles. The monoisotopic (exact) mass is 259 g/mol. The van der Waals surface area contributed by atoms with Gasteiger partial charge >= 0.3 is 0 Å². The molecule has 5 nitrogen and oxygen atoms in total. The minimum absolute atomic E-state index is 0.143. The second-order valence-corrected chi connectivity index (χ2v) is 4.44. The van der Waals surface area contributed by atoms with E-state index < -0.39 is 5.91 Å². The first kappa shape index (κ1) is 13.3. The zero-order chi connectivity index (χ0) is 13.7. The van der Waals surface area contributed by atoms with Crippen molar-refractivity contribution in [2.75, 3.05) is 19.6 Å². The van der Waals surface area contributed by atoms with E-state index >= 15 is 0 Å². The SMILES string of the molecule is NC(=O)c1ccc(C(=O)NCC2=CCNCC2)cc1. The van der Waals surface area contributed by atoms with Crippen LogP contribution in [0.25, 0.3) is 0 Å². The van der Waals surface area contributed by atoms with Crippen LogP contribution in [0.15, 0.2) is 35.9 Å². The molecule has 1 aliphatic rings. The van der Waals surface area contributed by atoms with Crippen LogP contribution in [0.1, 0.15) is 27.1 Å². The number of hydrogen-bond acceptors (Lipinski definition) is 3. The van der Waals surface area contributed by atoms with E-state index in [-0.39, 0.29) is 5.91 Å². The molecule has 1 aromatic rings. The highest BCUT2D eigenvalue weighted by molar-refractivity contribution is 5.97. The van der Waals surface area contributed by atoms with Gasteiger partial charge in [0.2, 0.25) is 5.91 Å². The zero-order valence-electron chi connectivity index (χ0n) is 10.6.